The molecule has 2 atom stereocenters. The van der Waals surface area contributed by atoms with Crippen LogP contribution in [0.3, 0.4) is 0 Å². The Morgan fingerprint density at radius 1 is 1.00 bits per heavy atom. The van der Waals surface area contributed by atoms with E-state index in [0.717, 1.165) is 29.5 Å². The van der Waals surface area contributed by atoms with Crippen molar-refractivity contribution in [2.24, 2.45) is 5.92 Å². The van der Waals surface area contributed by atoms with Crippen LogP contribution in [0, 0.1) is 11.1 Å². The molecule has 2 heterocycles. The molecule has 2 aromatic carbocycles. The van der Waals surface area contributed by atoms with E-state index in [9.17, 15) is 27.2 Å². The maximum atomic E-state index is 13.8. The fourth-order valence-electron chi connectivity index (χ4n) is 5.26. The lowest BCUT2D eigenvalue weighted by Gasteiger charge is -2.26. The maximum Gasteiger partial charge on any atom is 0.387 e. The number of nitrogens with zero attached hydrogens (tertiary/aromatic N) is 2. The molecule has 2 unspecified atom stereocenters. The Kier molecular flexibility index (Phi) is 10.8. The number of hydrogen-bond acceptors (Lipinski definition) is 9. The second kappa shape index (κ2) is 14.7. The normalized spacial score (nSPS) is 17.4. The molecule has 0 spiro atoms. The van der Waals surface area contributed by atoms with Crippen LogP contribution < -0.4 is 23.7 Å². The summed E-state index contributed by atoms with van der Waals surface area (Å²) in [6, 6.07) is 7.05. The highest BCUT2D eigenvalue weighted by molar-refractivity contribution is 7.89. The molecule has 47 heavy (non-hydrogen) atoms. The van der Waals surface area contributed by atoms with Gasteiger partial charge in [-0.05, 0) is 61.4 Å². The molecule has 1 saturated heterocycles. The van der Waals surface area contributed by atoms with Gasteiger partial charge in [0.15, 0.2) is 35.4 Å². The van der Waals surface area contributed by atoms with Gasteiger partial charge in [0.05, 0.1) is 25.7 Å². The lowest BCUT2D eigenvalue weighted by atomic mass is 10.0. The Balaban J connectivity index is 1.47. The van der Waals surface area contributed by atoms with Crippen molar-refractivity contribution in [3.05, 3.63) is 75.2 Å². The minimum absolute atomic E-state index is 0.00469. The topological polar surface area (TPSA) is 128 Å². The Hall–Kier alpha value is -3.59. The van der Waals surface area contributed by atoms with Gasteiger partial charge in [-0.2, -0.15) is 17.8 Å². The second-order valence-corrected chi connectivity index (χ2v) is 13.8. The highest BCUT2D eigenvalue weighted by atomic mass is 35.5. The second-order valence-electron chi connectivity index (χ2n) is 11.1. The van der Waals surface area contributed by atoms with Crippen LogP contribution in [0.4, 0.5) is 8.78 Å². The van der Waals surface area contributed by atoms with Crippen molar-refractivity contribution in [1.29, 1.82) is 0 Å². The summed E-state index contributed by atoms with van der Waals surface area (Å²) in [7, 11) is -1.39. The van der Waals surface area contributed by atoms with E-state index >= 15 is 0 Å². The molecule has 2 fully saturated rings. The quantitative estimate of drug-likeness (QED) is 0.117. The molecule has 2 aliphatic rings. The number of aromatic nitrogens is 1. The molecule has 16 heteroatoms. The van der Waals surface area contributed by atoms with Crippen LogP contribution in [0.15, 0.2) is 53.7 Å². The van der Waals surface area contributed by atoms with E-state index in [-0.39, 0.29) is 69.7 Å². The Bertz CT molecular complexity index is 1700. The SMILES string of the molecule is COc1ccc(S(=O)(=O)N2CCCC2C(=O)OC(Cc2c(Cl)c[n+]([O-])cc2Cl)c2ccc(OC(F)F)c(OCC3CC3)c2)cc1OC. The molecule has 5 rings (SSSR count). The zero-order valence-corrected chi connectivity index (χ0v) is 27.7. The fraction of sp³-hybridized carbons (Fsp3) is 0.419. The fourth-order valence-corrected chi connectivity index (χ4v) is 7.52. The highest BCUT2D eigenvalue weighted by Crippen LogP contribution is 2.39. The van der Waals surface area contributed by atoms with Crippen LogP contribution in [0.5, 0.6) is 23.0 Å². The van der Waals surface area contributed by atoms with E-state index in [2.05, 4.69) is 4.74 Å². The van der Waals surface area contributed by atoms with Gasteiger partial charge in [-0.1, -0.05) is 29.3 Å². The predicted molar refractivity (Wildman–Crippen MR) is 166 cm³/mol. The number of hydrogen-bond donors (Lipinski definition) is 0. The van der Waals surface area contributed by atoms with Crippen molar-refractivity contribution >= 4 is 39.2 Å². The number of alkyl halides is 2. The van der Waals surface area contributed by atoms with Gasteiger partial charge in [0.1, 0.15) is 22.2 Å². The van der Waals surface area contributed by atoms with Gasteiger partial charge in [-0.3, -0.25) is 4.79 Å². The van der Waals surface area contributed by atoms with Crippen molar-refractivity contribution in [2.75, 3.05) is 27.4 Å². The molecule has 0 N–H and O–H groups in total. The first-order valence-electron chi connectivity index (χ1n) is 14.6. The van der Waals surface area contributed by atoms with Crippen LogP contribution in [0.1, 0.15) is 42.9 Å². The molecule has 0 amide bonds. The van der Waals surface area contributed by atoms with E-state index in [1.165, 1.54) is 50.6 Å². The lowest BCUT2D eigenvalue weighted by molar-refractivity contribution is -0.605. The third kappa shape index (κ3) is 8.11. The first kappa shape index (κ1) is 34.7. The number of carbonyl (C=O) groups excluding carboxylic acids is 1. The minimum atomic E-state index is -4.19. The van der Waals surface area contributed by atoms with Gasteiger partial charge in [0, 0.05) is 24.6 Å². The van der Waals surface area contributed by atoms with Gasteiger partial charge in [-0.15, -0.1) is 0 Å². The molecule has 11 nitrogen and oxygen atoms in total. The summed E-state index contributed by atoms with van der Waals surface area (Å²) in [5, 5.41) is 11.9. The van der Waals surface area contributed by atoms with E-state index in [1.54, 1.807) is 0 Å². The Labute approximate surface area is 280 Å². The van der Waals surface area contributed by atoms with Gasteiger partial charge in [-0.25, -0.2) is 8.42 Å². The van der Waals surface area contributed by atoms with E-state index in [4.69, 9.17) is 42.1 Å². The first-order valence-corrected chi connectivity index (χ1v) is 16.8. The van der Waals surface area contributed by atoms with E-state index < -0.39 is 34.7 Å². The molecule has 1 aromatic heterocycles. The summed E-state index contributed by atoms with van der Waals surface area (Å²) < 4.78 is 82.3. The molecule has 3 aromatic rings. The van der Waals surface area contributed by atoms with Crippen LogP contribution in [0.2, 0.25) is 10.0 Å². The van der Waals surface area contributed by atoms with Gasteiger partial charge in [0.2, 0.25) is 10.0 Å². The van der Waals surface area contributed by atoms with Gasteiger partial charge < -0.3 is 28.9 Å². The number of esters is 1. The molecule has 254 valence electrons. The summed E-state index contributed by atoms with van der Waals surface area (Å²) >= 11 is 12.7. The van der Waals surface area contributed by atoms with Crippen molar-refractivity contribution in [1.82, 2.24) is 4.31 Å². The third-order valence-electron chi connectivity index (χ3n) is 7.87. The first-order chi connectivity index (χ1) is 22.4. The molecule has 0 bridgehead atoms. The molecule has 0 radical (unpaired) electrons. The number of sulfonamides is 1. The van der Waals surface area contributed by atoms with E-state index in [1.807, 2.05) is 0 Å². The van der Waals surface area contributed by atoms with Crippen molar-refractivity contribution in [3.8, 4) is 23.0 Å². The largest absolute Gasteiger partial charge is 0.619 e. The van der Waals surface area contributed by atoms with Crippen molar-refractivity contribution in [2.45, 2.75) is 55.8 Å². The summed E-state index contributed by atoms with van der Waals surface area (Å²) in [6.07, 6.45) is 3.32. The zero-order chi connectivity index (χ0) is 33.9. The molecular formula is C31H32Cl2F2N2O9S. The van der Waals surface area contributed by atoms with Crippen LogP contribution >= 0.6 is 23.2 Å². The third-order valence-corrected chi connectivity index (χ3v) is 10.4. The average molecular weight is 718 g/mol. The van der Waals surface area contributed by atoms with Crippen molar-refractivity contribution < 1.29 is 50.4 Å². The van der Waals surface area contributed by atoms with Crippen molar-refractivity contribution in [3.63, 3.8) is 0 Å². The van der Waals surface area contributed by atoms with Crippen LogP contribution in [-0.2, 0) is 26.0 Å². The lowest BCUT2D eigenvalue weighted by Crippen LogP contribution is -2.41. The average Bonchev–Trinajstić information content (AvgIpc) is 3.72. The summed E-state index contributed by atoms with van der Waals surface area (Å²) in [4.78, 5) is 13.7. The number of carbonyl (C=O) groups is 1. The van der Waals surface area contributed by atoms with Crippen LogP contribution in [0.25, 0.3) is 0 Å². The highest BCUT2D eigenvalue weighted by Gasteiger charge is 2.42. The van der Waals surface area contributed by atoms with Crippen LogP contribution in [-0.4, -0.2) is 58.7 Å². The molecule has 1 aliphatic heterocycles. The predicted octanol–water partition coefficient (Wildman–Crippen LogP) is 5.71. The number of pyridine rings is 1. The minimum Gasteiger partial charge on any atom is -0.619 e. The monoisotopic (exact) mass is 716 g/mol. The molecular weight excluding hydrogens is 685 g/mol. The zero-order valence-electron chi connectivity index (χ0n) is 25.4. The number of benzene rings is 2. The summed E-state index contributed by atoms with van der Waals surface area (Å²) in [5.41, 5.74) is 0.580. The standard InChI is InChI=1S/C31H32Cl2F2N2O9S/c1-42-25-10-8-20(13-28(25)43-2)47(40,41)37-11-3-4-24(37)30(38)45-27(14-21-22(32)15-36(39)16-23(21)33)19-7-9-26(46-31(34)35)29(12-19)44-17-18-5-6-18/h7-10,12-13,15-16,18,24,27,31H,3-6,11,14,17H2,1-2H3. The molecule has 1 saturated carbocycles. The molecule has 1 aliphatic carbocycles. The number of halogens is 4. The van der Waals surface area contributed by atoms with Gasteiger partial charge >= 0.3 is 12.6 Å². The summed E-state index contributed by atoms with van der Waals surface area (Å²) in [5.74, 6) is -0.238. The number of ether oxygens (including phenoxy) is 5. The number of rotatable bonds is 14. The van der Waals surface area contributed by atoms with Gasteiger partial charge in [0.25, 0.3) is 0 Å². The van der Waals surface area contributed by atoms with E-state index in [0.29, 0.717) is 22.5 Å². The summed E-state index contributed by atoms with van der Waals surface area (Å²) in [6.45, 7) is -2.78. The Morgan fingerprint density at radius 3 is 2.32 bits per heavy atom. The number of methoxy groups -OCH3 is 2. The Morgan fingerprint density at radius 2 is 1.68 bits per heavy atom. The maximum absolute atomic E-state index is 13.8. The smallest absolute Gasteiger partial charge is 0.387 e.